The van der Waals surface area contributed by atoms with Gasteiger partial charge < -0.3 is 0 Å². The zero-order chi connectivity index (χ0) is 16.4. The van der Waals surface area contributed by atoms with Crippen molar-refractivity contribution < 1.29 is 0 Å². The van der Waals surface area contributed by atoms with Crippen molar-refractivity contribution in [3.63, 3.8) is 0 Å². The normalized spacial score (nSPS) is 10.9. The van der Waals surface area contributed by atoms with E-state index in [4.69, 9.17) is 23.8 Å². The summed E-state index contributed by atoms with van der Waals surface area (Å²) in [5.74, 6) is 1.40. The minimum atomic E-state index is 0.532. The van der Waals surface area contributed by atoms with E-state index in [-0.39, 0.29) is 0 Å². The Morgan fingerprint density at radius 2 is 1.96 bits per heavy atom. The molecule has 2 heterocycles. The summed E-state index contributed by atoms with van der Waals surface area (Å²) >= 11 is 12.9. The number of nitrogens with one attached hydrogen (secondary N) is 1. The fraction of sp³-hybridized carbons (Fsp3) is 0.200. The Hall–Kier alpha value is -1.70. The van der Waals surface area contributed by atoms with Gasteiger partial charge in [0.15, 0.2) is 9.93 Å². The van der Waals surface area contributed by atoms with Crippen molar-refractivity contribution in [2.45, 2.75) is 24.8 Å². The van der Waals surface area contributed by atoms with E-state index in [1.165, 1.54) is 11.8 Å². The third-order valence-corrected chi connectivity index (χ3v) is 4.45. The predicted molar refractivity (Wildman–Crippen MR) is 94.8 cm³/mol. The number of H-pyrrole nitrogens is 1. The Morgan fingerprint density at radius 3 is 2.65 bits per heavy atom. The lowest BCUT2D eigenvalue weighted by molar-refractivity contribution is 0.893. The molecule has 0 radical (unpaired) electrons. The highest BCUT2D eigenvalue weighted by Crippen LogP contribution is 2.22. The summed E-state index contributed by atoms with van der Waals surface area (Å²) in [7, 11) is 0. The SMILES string of the molecule is Cc1cc(C)nc(SCc2n[nH]c(=S)n2-c2cccc(Cl)c2)n1. The van der Waals surface area contributed by atoms with Crippen molar-refractivity contribution in [2.24, 2.45) is 0 Å². The van der Waals surface area contributed by atoms with Gasteiger partial charge in [-0.1, -0.05) is 29.4 Å². The third-order valence-electron chi connectivity index (χ3n) is 3.10. The number of benzene rings is 1. The van der Waals surface area contributed by atoms with Crippen LogP contribution in [0.5, 0.6) is 0 Å². The molecule has 23 heavy (non-hydrogen) atoms. The maximum absolute atomic E-state index is 6.07. The molecule has 1 aromatic carbocycles. The lowest BCUT2D eigenvalue weighted by Crippen LogP contribution is -2.01. The molecule has 0 amide bonds. The molecule has 1 N–H and O–H groups in total. The summed E-state index contributed by atoms with van der Waals surface area (Å²) in [5, 5.41) is 8.53. The van der Waals surface area contributed by atoms with Gasteiger partial charge in [-0.3, -0.25) is 9.67 Å². The fourth-order valence-corrected chi connectivity index (χ4v) is 3.50. The molecule has 0 atom stereocenters. The van der Waals surface area contributed by atoms with E-state index < -0.39 is 0 Å². The van der Waals surface area contributed by atoms with E-state index in [9.17, 15) is 0 Å². The van der Waals surface area contributed by atoms with Crippen LogP contribution in [0.1, 0.15) is 17.2 Å². The number of aromatic nitrogens is 5. The standard InChI is InChI=1S/C15H14ClN5S2/c1-9-6-10(2)18-14(17-9)23-8-13-19-20-15(22)21(13)12-5-3-4-11(16)7-12/h3-7H,8H2,1-2H3,(H,20,22). The van der Waals surface area contributed by atoms with Crippen LogP contribution in [0.15, 0.2) is 35.5 Å². The lowest BCUT2D eigenvalue weighted by Gasteiger charge is -2.07. The van der Waals surface area contributed by atoms with Crippen LogP contribution in [-0.4, -0.2) is 24.7 Å². The zero-order valence-corrected chi connectivity index (χ0v) is 15.0. The van der Waals surface area contributed by atoms with Crippen LogP contribution in [-0.2, 0) is 5.75 Å². The molecule has 0 unspecified atom stereocenters. The monoisotopic (exact) mass is 363 g/mol. The first-order valence-electron chi connectivity index (χ1n) is 6.90. The second-order valence-corrected chi connectivity index (χ2v) is 6.75. The van der Waals surface area contributed by atoms with E-state index in [0.717, 1.165) is 28.1 Å². The highest BCUT2D eigenvalue weighted by Gasteiger charge is 2.10. The van der Waals surface area contributed by atoms with Crippen LogP contribution >= 0.6 is 35.6 Å². The van der Waals surface area contributed by atoms with Crippen LogP contribution in [0, 0.1) is 18.6 Å². The number of hydrogen-bond donors (Lipinski definition) is 1. The highest BCUT2D eigenvalue weighted by molar-refractivity contribution is 7.98. The Balaban J connectivity index is 1.88. The van der Waals surface area contributed by atoms with E-state index >= 15 is 0 Å². The molecule has 0 spiro atoms. The zero-order valence-electron chi connectivity index (χ0n) is 12.6. The summed E-state index contributed by atoms with van der Waals surface area (Å²) in [4.78, 5) is 8.86. The van der Waals surface area contributed by atoms with Gasteiger partial charge in [0, 0.05) is 16.4 Å². The second kappa shape index (κ2) is 6.82. The van der Waals surface area contributed by atoms with Gasteiger partial charge in [-0.15, -0.1) is 0 Å². The van der Waals surface area contributed by atoms with Gasteiger partial charge in [-0.25, -0.2) is 9.97 Å². The first-order chi connectivity index (χ1) is 11.0. The minimum absolute atomic E-state index is 0.532. The largest absolute Gasteiger partial charge is 0.271 e. The molecule has 0 fully saturated rings. The van der Waals surface area contributed by atoms with E-state index in [2.05, 4.69) is 20.2 Å². The van der Waals surface area contributed by atoms with Crippen LogP contribution in [0.25, 0.3) is 5.69 Å². The molecular weight excluding hydrogens is 350 g/mol. The second-order valence-electron chi connectivity index (χ2n) is 4.98. The molecule has 118 valence electrons. The van der Waals surface area contributed by atoms with Gasteiger partial charge in [0.05, 0.1) is 11.4 Å². The number of halogens is 1. The Morgan fingerprint density at radius 1 is 1.22 bits per heavy atom. The van der Waals surface area contributed by atoms with Crippen LogP contribution in [0.3, 0.4) is 0 Å². The van der Waals surface area contributed by atoms with Crippen molar-refractivity contribution in [3.05, 3.63) is 57.3 Å². The number of nitrogens with zero attached hydrogens (tertiary/aromatic N) is 4. The maximum Gasteiger partial charge on any atom is 0.199 e. The van der Waals surface area contributed by atoms with Crippen molar-refractivity contribution in [1.29, 1.82) is 0 Å². The number of aromatic amines is 1. The summed E-state index contributed by atoms with van der Waals surface area (Å²) in [5.41, 5.74) is 2.79. The maximum atomic E-state index is 6.07. The third kappa shape index (κ3) is 3.80. The first-order valence-corrected chi connectivity index (χ1v) is 8.67. The summed E-state index contributed by atoms with van der Waals surface area (Å²) < 4.78 is 2.40. The Labute approximate surface area is 148 Å². The van der Waals surface area contributed by atoms with E-state index in [1.54, 1.807) is 0 Å². The van der Waals surface area contributed by atoms with E-state index in [0.29, 0.717) is 15.5 Å². The van der Waals surface area contributed by atoms with Crippen molar-refractivity contribution in [1.82, 2.24) is 24.7 Å². The van der Waals surface area contributed by atoms with Gasteiger partial charge in [-0.05, 0) is 50.3 Å². The van der Waals surface area contributed by atoms with Crippen molar-refractivity contribution in [2.75, 3.05) is 0 Å². The molecule has 0 aliphatic carbocycles. The molecule has 5 nitrogen and oxygen atoms in total. The van der Waals surface area contributed by atoms with Gasteiger partial charge in [-0.2, -0.15) is 5.10 Å². The number of hydrogen-bond acceptors (Lipinski definition) is 5. The highest BCUT2D eigenvalue weighted by atomic mass is 35.5. The van der Waals surface area contributed by atoms with Crippen LogP contribution < -0.4 is 0 Å². The number of aryl methyl sites for hydroxylation is 2. The lowest BCUT2D eigenvalue weighted by atomic mass is 10.3. The fourth-order valence-electron chi connectivity index (χ4n) is 2.20. The average molecular weight is 364 g/mol. The van der Waals surface area contributed by atoms with Gasteiger partial charge in [0.1, 0.15) is 5.82 Å². The van der Waals surface area contributed by atoms with Gasteiger partial charge in [0.2, 0.25) is 0 Å². The number of rotatable bonds is 4. The van der Waals surface area contributed by atoms with Crippen LogP contribution in [0.2, 0.25) is 5.02 Å². The molecule has 3 aromatic rings. The molecule has 0 saturated heterocycles. The van der Waals surface area contributed by atoms with Gasteiger partial charge >= 0.3 is 0 Å². The molecule has 0 bridgehead atoms. The first kappa shape index (κ1) is 16.2. The topological polar surface area (TPSA) is 59.4 Å². The summed E-state index contributed by atoms with van der Waals surface area (Å²) in [6.45, 7) is 3.92. The molecule has 2 aromatic heterocycles. The quantitative estimate of drug-likeness (QED) is 0.426. The summed E-state index contributed by atoms with van der Waals surface area (Å²) in [6.07, 6.45) is 0. The summed E-state index contributed by atoms with van der Waals surface area (Å²) in [6, 6.07) is 9.46. The molecule has 8 heteroatoms. The van der Waals surface area contributed by atoms with Crippen LogP contribution in [0.4, 0.5) is 0 Å². The molecular formula is C15H14ClN5S2. The molecule has 0 aliphatic rings. The van der Waals surface area contributed by atoms with Crippen molar-refractivity contribution >= 4 is 35.6 Å². The molecule has 0 saturated carbocycles. The smallest absolute Gasteiger partial charge is 0.199 e. The Bertz CT molecular complexity index is 883. The van der Waals surface area contributed by atoms with Crippen molar-refractivity contribution in [3.8, 4) is 5.69 Å². The Kier molecular flexibility index (Phi) is 4.79. The molecule has 3 rings (SSSR count). The van der Waals surface area contributed by atoms with E-state index in [1.807, 2.05) is 48.7 Å². The van der Waals surface area contributed by atoms with Gasteiger partial charge in [0.25, 0.3) is 0 Å². The molecule has 0 aliphatic heterocycles. The average Bonchev–Trinajstić information content (AvgIpc) is 2.85. The number of thioether (sulfide) groups is 1. The minimum Gasteiger partial charge on any atom is -0.271 e. The predicted octanol–water partition coefficient (Wildman–Crippen LogP) is 4.28.